The minimum Gasteiger partial charge on any atom is -0.341 e. The molecule has 5 heteroatoms. The number of nitro benzene ring substituents is 1. The molecular weight excluding hydrogens is 434 g/mol. The number of nitro groups is 1. The minimum atomic E-state index is -0.333. The third-order valence-corrected chi connectivity index (χ3v) is 7.25. The number of non-ortho nitro benzene ring substituents is 1. The number of hydrogen-bond donors (Lipinski definition) is 0. The molecule has 2 heterocycles. The van der Waals surface area contributed by atoms with Crippen LogP contribution < -0.4 is 0 Å². The Kier molecular flexibility index (Phi) is 4.65. The first-order chi connectivity index (χ1) is 16.9. The van der Waals surface area contributed by atoms with Crippen LogP contribution in [0.1, 0.15) is 31.9 Å². The molecule has 0 saturated heterocycles. The molecule has 0 N–H and O–H groups in total. The van der Waals surface area contributed by atoms with Crippen LogP contribution in [0.3, 0.4) is 0 Å². The van der Waals surface area contributed by atoms with Crippen LogP contribution in [0.15, 0.2) is 83.9 Å². The second kappa shape index (κ2) is 7.64. The van der Waals surface area contributed by atoms with Crippen molar-refractivity contribution < 1.29 is 4.92 Å². The summed E-state index contributed by atoms with van der Waals surface area (Å²) in [5.74, 6) is 0. The smallest absolute Gasteiger partial charge is 0.270 e. The Morgan fingerprint density at radius 2 is 1.66 bits per heavy atom. The van der Waals surface area contributed by atoms with E-state index in [-0.39, 0.29) is 16.0 Å². The fourth-order valence-corrected chi connectivity index (χ4v) is 5.50. The van der Waals surface area contributed by atoms with Crippen molar-refractivity contribution in [3.8, 4) is 0 Å². The van der Waals surface area contributed by atoms with E-state index in [1.54, 1.807) is 12.1 Å². The van der Waals surface area contributed by atoms with Crippen molar-refractivity contribution in [2.45, 2.75) is 32.7 Å². The largest absolute Gasteiger partial charge is 0.341 e. The van der Waals surface area contributed by atoms with Crippen molar-refractivity contribution >= 4 is 55.7 Å². The number of rotatable bonds is 4. The molecule has 1 aromatic heterocycles. The van der Waals surface area contributed by atoms with Gasteiger partial charge in [0, 0.05) is 45.9 Å². The van der Waals surface area contributed by atoms with Crippen molar-refractivity contribution in [3.05, 3.63) is 100 Å². The Bertz CT molecular complexity index is 1740. The summed E-state index contributed by atoms with van der Waals surface area (Å²) in [4.78, 5) is 16.0. The molecule has 35 heavy (non-hydrogen) atoms. The number of aliphatic imine (C=N–C) groups is 1. The number of hydrogen-bond acceptors (Lipinski definition) is 3. The number of fused-ring (bicyclic) bond motifs is 6. The highest BCUT2D eigenvalue weighted by Gasteiger charge is 2.35. The lowest BCUT2D eigenvalue weighted by molar-refractivity contribution is -0.384. The van der Waals surface area contributed by atoms with Crippen LogP contribution >= 0.6 is 0 Å². The molecule has 6 rings (SSSR count). The summed E-state index contributed by atoms with van der Waals surface area (Å²) in [6.45, 7) is 7.34. The van der Waals surface area contributed by atoms with E-state index in [2.05, 4.69) is 92.1 Å². The molecule has 0 aliphatic carbocycles. The molecule has 0 unspecified atom stereocenters. The van der Waals surface area contributed by atoms with Gasteiger partial charge in [-0.2, -0.15) is 0 Å². The third kappa shape index (κ3) is 3.19. The molecule has 172 valence electrons. The highest BCUT2D eigenvalue weighted by Crippen LogP contribution is 2.44. The maximum atomic E-state index is 11.4. The van der Waals surface area contributed by atoms with Gasteiger partial charge in [0.1, 0.15) is 0 Å². The Hall–Kier alpha value is -4.25. The number of nitrogens with zero attached hydrogens (tertiary/aromatic N) is 3. The monoisotopic (exact) mass is 459 g/mol. The third-order valence-electron chi connectivity index (χ3n) is 7.25. The predicted octanol–water partition coefficient (Wildman–Crippen LogP) is 7.95. The second-order valence-corrected chi connectivity index (χ2v) is 9.62. The summed E-state index contributed by atoms with van der Waals surface area (Å²) >= 11 is 0. The van der Waals surface area contributed by atoms with Crippen LogP contribution in [-0.2, 0) is 12.0 Å². The lowest BCUT2D eigenvalue weighted by Gasteiger charge is -2.22. The first-order valence-corrected chi connectivity index (χ1v) is 11.9. The van der Waals surface area contributed by atoms with E-state index in [4.69, 9.17) is 4.99 Å². The zero-order valence-electron chi connectivity index (χ0n) is 19.9. The van der Waals surface area contributed by atoms with Crippen LogP contribution in [0.4, 0.5) is 11.4 Å². The maximum absolute atomic E-state index is 11.4. The number of benzene rings is 4. The van der Waals surface area contributed by atoms with Crippen molar-refractivity contribution in [1.82, 2.24) is 4.57 Å². The molecule has 0 atom stereocenters. The van der Waals surface area contributed by atoms with Crippen LogP contribution in [0.25, 0.3) is 38.7 Å². The minimum absolute atomic E-state index is 0.112. The SMILES string of the molecule is CCn1c2ccc(C=CC3=Nc4ccc5ccccc5c4C3(C)C)cc2c2cc([N+](=O)[O-])ccc21. The summed E-state index contributed by atoms with van der Waals surface area (Å²) in [5.41, 5.74) is 6.35. The fourth-order valence-electron chi connectivity index (χ4n) is 5.50. The van der Waals surface area contributed by atoms with Crippen LogP contribution in [0.5, 0.6) is 0 Å². The van der Waals surface area contributed by atoms with Crippen LogP contribution in [0, 0.1) is 10.1 Å². The Morgan fingerprint density at radius 1 is 0.914 bits per heavy atom. The number of aryl methyl sites for hydroxylation is 1. The molecule has 4 aromatic carbocycles. The Balaban J connectivity index is 1.43. The van der Waals surface area contributed by atoms with Crippen LogP contribution in [0.2, 0.25) is 0 Å². The Labute approximate surface area is 203 Å². The molecule has 1 aliphatic rings. The van der Waals surface area contributed by atoms with Gasteiger partial charge in [-0.15, -0.1) is 0 Å². The zero-order chi connectivity index (χ0) is 24.3. The van der Waals surface area contributed by atoms with Gasteiger partial charge in [-0.3, -0.25) is 15.1 Å². The molecule has 0 amide bonds. The summed E-state index contributed by atoms with van der Waals surface area (Å²) in [7, 11) is 0. The second-order valence-electron chi connectivity index (χ2n) is 9.62. The van der Waals surface area contributed by atoms with Gasteiger partial charge in [0.05, 0.1) is 16.3 Å². The summed E-state index contributed by atoms with van der Waals surface area (Å²) < 4.78 is 2.20. The molecule has 5 aromatic rings. The van der Waals surface area contributed by atoms with E-state index in [0.717, 1.165) is 45.3 Å². The highest BCUT2D eigenvalue weighted by atomic mass is 16.6. The molecular formula is C30H25N3O2. The summed E-state index contributed by atoms with van der Waals surface area (Å²) in [6, 6.07) is 24.2. The van der Waals surface area contributed by atoms with Gasteiger partial charge in [0.2, 0.25) is 0 Å². The highest BCUT2D eigenvalue weighted by molar-refractivity contribution is 6.14. The lowest BCUT2D eigenvalue weighted by atomic mass is 9.79. The van der Waals surface area contributed by atoms with Gasteiger partial charge in [-0.25, -0.2) is 0 Å². The van der Waals surface area contributed by atoms with Gasteiger partial charge in [0.25, 0.3) is 5.69 Å². The van der Waals surface area contributed by atoms with Crippen molar-refractivity contribution in [2.75, 3.05) is 0 Å². The lowest BCUT2D eigenvalue weighted by Crippen LogP contribution is -2.24. The zero-order valence-corrected chi connectivity index (χ0v) is 19.9. The Morgan fingerprint density at radius 3 is 2.43 bits per heavy atom. The molecule has 0 saturated carbocycles. The molecule has 1 aliphatic heterocycles. The molecule has 0 radical (unpaired) electrons. The van der Waals surface area contributed by atoms with Gasteiger partial charge in [-0.05, 0) is 59.2 Å². The van der Waals surface area contributed by atoms with E-state index in [1.807, 2.05) is 6.07 Å². The average Bonchev–Trinajstić information content (AvgIpc) is 3.32. The quantitative estimate of drug-likeness (QED) is 0.202. The van der Waals surface area contributed by atoms with Crippen molar-refractivity contribution in [2.24, 2.45) is 4.99 Å². The van der Waals surface area contributed by atoms with E-state index in [9.17, 15) is 10.1 Å². The first kappa shape index (κ1) is 21.3. The number of aromatic nitrogens is 1. The van der Waals surface area contributed by atoms with Gasteiger partial charge >= 0.3 is 0 Å². The summed E-state index contributed by atoms with van der Waals surface area (Å²) in [6.07, 6.45) is 4.21. The number of allylic oxidation sites excluding steroid dienone is 1. The van der Waals surface area contributed by atoms with Crippen molar-refractivity contribution in [3.63, 3.8) is 0 Å². The van der Waals surface area contributed by atoms with E-state index < -0.39 is 0 Å². The molecule has 0 bridgehead atoms. The standard InChI is InChI=1S/C30H25N3O2/c1-4-32-26-14-9-19(17-23(26)24-18-21(33(34)35)12-15-27(24)32)10-16-28-30(2,3)29-22-8-6-5-7-20(22)11-13-25(29)31-28/h5-18H,4H2,1-3H3. The average molecular weight is 460 g/mol. The molecule has 0 spiro atoms. The van der Waals surface area contributed by atoms with E-state index in [0.29, 0.717) is 0 Å². The van der Waals surface area contributed by atoms with E-state index >= 15 is 0 Å². The normalized spacial score (nSPS) is 14.8. The van der Waals surface area contributed by atoms with Gasteiger partial charge in [-0.1, -0.05) is 56.3 Å². The topological polar surface area (TPSA) is 60.4 Å². The van der Waals surface area contributed by atoms with Crippen LogP contribution in [-0.4, -0.2) is 15.2 Å². The van der Waals surface area contributed by atoms with Gasteiger partial charge in [0.15, 0.2) is 0 Å². The van der Waals surface area contributed by atoms with E-state index in [1.165, 1.54) is 16.3 Å². The molecule has 0 fully saturated rings. The molecule has 5 nitrogen and oxygen atoms in total. The summed E-state index contributed by atoms with van der Waals surface area (Å²) in [5, 5.41) is 15.8. The first-order valence-electron chi connectivity index (χ1n) is 11.9. The predicted molar refractivity (Wildman–Crippen MR) is 145 cm³/mol. The van der Waals surface area contributed by atoms with Crippen molar-refractivity contribution in [1.29, 1.82) is 0 Å². The van der Waals surface area contributed by atoms with Gasteiger partial charge < -0.3 is 4.57 Å². The maximum Gasteiger partial charge on any atom is 0.270 e. The fraction of sp³-hybridized carbons (Fsp3) is 0.167.